The first-order valence-electron chi connectivity index (χ1n) is 4.45. The second-order valence-corrected chi connectivity index (χ2v) is 4.93. The molecule has 0 N–H and O–H groups in total. The summed E-state index contributed by atoms with van der Waals surface area (Å²) in [6.07, 6.45) is 1.39. The van der Waals surface area contributed by atoms with Crippen LogP contribution in [-0.4, -0.2) is 45.2 Å². The first-order chi connectivity index (χ1) is 6.32. The van der Waals surface area contributed by atoms with Crippen LogP contribution in [0.2, 0.25) is 0 Å². The summed E-state index contributed by atoms with van der Waals surface area (Å²) in [5, 5.41) is 0. The predicted octanol–water partition coefficient (Wildman–Crippen LogP) is 1.62. The first kappa shape index (κ1) is 14.1. The Morgan fingerprint density at radius 1 is 1.43 bits per heavy atom. The Bertz CT molecular complexity index is 228. The topological polar surface area (TPSA) is 35.5 Å². The van der Waals surface area contributed by atoms with Gasteiger partial charge in [-0.15, -0.1) is 0 Å². The van der Waals surface area contributed by atoms with E-state index in [-0.39, 0.29) is 17.3 Å². The van der Waals surface area contributed by atoms with Crippen molar-refractivity contribution >= 4 is 32.0 Å². The van der Waals surface area contributed by atoms with Gasteiger partial charge in [0.15, 0.2) is 0 Å². The van der Waals surface area contributed by atoms with Gasteiger partial charge in [0.25, 0.3) is 0 Å². The van der Waals surface area contributed by atoms with Crippen molar-refractivity contribution in [1.29, 1.82) is 0 Å². The number of methoxy groups -OCH3 is 1. The zero-order chi connectivity index (χ0) is 11.4. The number of carbonyl (C=O) groups excluding carboxylic acids is 1. The summed E-state index contributed by atoms with van der Waals surface area (Å²) in [5.41, 5.74) is -0.362. The molecule has 0 aliphatic carbocycles. The second-order valence-electron chi connectivity index (χ2n) is 4.14. The number of hydrogen-bond acceptors (Lipinski definition) is 3. The SMILES string of the molecule is COC(C)/C(=C/C(=O)C(C)(C)C)[O][Pb]. The summed E-state index contributed by atoms with van der Waals surface area (Å²) in [6.45, 7) is 7.51. The van der Waals surface area contributed by atoms with Gasteiger partial charge in [0, 0.05) is 0 Å². The molecule has 0 aliphatic heterocycles. The third-order valence-corrected chi connectivity index (χ3v) is 2.80. The van der Waals surface area contributed by atoms with Gasteiger partial charge in [0.05, 0.1) is 0 Å². The van der Waals surface area contributed by atoms with Gasteiger partial charge in [-0.05, 0) is 0 Å². The van der Waals surface area contributed by atoms with Crippen molar-refractivity contribution in [2.45, 2.75) is 33.8 Å². The van der Waals surface area contributed by atoms with Gasteiger partial charge >= 0.3 is 102 Å². The van der Waals surface area contributed by atoms with Gasteiger partial charge in [-0.1, -0.05) is 0 Å². The van der Waals surface area contributed by atoms with E-state index >= 15 is 0 Å². The van der Waals surface area contributed by atoms with Crippen LogP contribution in [0.15, 0.2) is 11.8 Å². The average Bonchev–Trinajstić information content (AvgIpc) is 2.10. The van der Waals surface area contributed by atoms with Gasteiger partial charge in [0.1, 0.15) is 0 Å². The van der Waals surface area contributed by atoms with Crippen molar-refractivity contribution in [2.24, 2.45) is 5.41 Å². The fourth-order valence-corrected chi connectivity index (χ4v) is 1.57. The van der Waals surface area contributed by atoms with Crippen molar-refractivity contribution < 1.29 is 12.2 Å². The molecular formula is C10H17O3Pb. The zero-order valence-corrected chi connectivity index (χ0v) is 13.3. The molecular weight excluding hydrogens is 375 g/mol. The molecule has 0 rings (SSSR count). The molecule has 3 nitrogen and oxygen atoms in total. The molecule has 0 bridgehead atoms. The Balaban J connectivity index is 4.69. The summed E-state index contributed by atoms with van der Waals surface area (Å²) in [6, 6.07) is 0. The molecule has 1 atom stereocenters. The maximum atomic E-state index is 11.7. The summed E-state index contributed by atoms with van der Waals surface area (Å²) in [5.74, 6) is 0.686. The van der Waals surface area contributed by atoms with Gasteiger partial charge in [-0.2, -0.15) is 0 Å². The Labute approximate surface area is 102 Å². The van der Waals surface area contributed by atoms with E-state index in [1.807, 2.05) is 27.7 Å². The molecule has 0 aromatic heterocycles. The molecule has 0 spiro atoms. The van der Waals surface area contributed by atoms with Crippen LogP contribution in [0.3, 0.4) is 0 Å². The van der Waals surface area contributed by atoms with E-state index in [2.05, 4.69) is 0 Å². The van der Waals surface area contributed by atoms with E-state index in [9.17, 15) is 4.79 Å². The van der Waals surface area contributed by atoms with Crippen LogP contribution in [0.25, 0.3) is 0 Å². The number of hydrogen-bond donors (Lipinski definition) is 0. The Kier molecular flexibility index (Phi) is 5.89. The third-order valence-electron chi connectivity index (χ3n) is 1.88. The zero-order valence-electron chi connectivity index (χ0n) is 9.38. The van der Waals surface area contributed by atoms with Crippen LogP contribution in [0, 0.1) is 5.41 Å². The molecule has 0 fully saturated rings. The molecule has 0 saturated heterocycles. The maximum absolute atomic E-state index is 11.7. The van der Waals surface area contributed by atoms with E-state index in [0.29, 0.717) is 32.0 Å². The standard InChI is InChI=1S/C10H18O3.Pb/c1-7(13-5)8(11)6-9(12)10(2,3)4;/h6-7,11H,1-5H3;/q;+1/p-1/b8-6-;. The normalized spacial score (nSPS) is 15.1. The first-order valence-corrected chi connectivity index (χ1v) is 6.04. The molecule has 0 saturated carbocycles. The van der Waals surface area contributed by atoms with Crippen LogP contribution < -0.4 is 0 Å². The quantitative estimate of drug-likeness (QED) is 0.414. The molecule has 0 aromatic carbocycles. The summed E-state index contributed by atoms with van der Waals surface area (Å²) >= 11 is 0.566. The van der Waals surface area contributed by atoms with Crippen molar-refractivity contribution in [2.75, 3.05) is 7.11 Å². The van der Waals surface area contributed by atoms with Gasteiger partial charge in [0.2, 0.25) is 0 Å². The van der Waals surface area contributed by atoms with E-state index < -0.39 is 0 Å². The molecule has 4 heteroatoms. The monoisotopic (exact) mass is 393 g/mol. The predicted molar refractivity (Wildman–Crippen MR) is 55.9 cm³/mol. The van der Waals surface area contributed by atoms with Gasteiger partial charge in [-0.3, -0.25) is 0 Å². The van der Waals surface area contributed by atoms with Crippen molar-refractivity contribution in [3.63, 3.8) is 0 Å². The number of ketones is 1. The molecule has 3 radical (unpaired) electrons. The molecule has 1 unspecified atom stereocenters. The summed E-state index contributed by atoms with van der Waals surface area (Å²) in [7, 11) is 1.60. The third kappa shape index (κ3) is 4.55. The summed E-state index contributed by atoms with van der Waals surface area (Å²) < 4.78 is 10.3. The molecule has 79 valence electrons. The van der Waals surface area contributed by atoms with Crippen LogP contribution in [0.1, 0.15) is 27.7 Å². The Morgan fingerprint density at radius 2 is 1.93 bits per heavy atom. The van der Waals surface area contributed by atoms with Crippen molar-refractivity contribution in [3.8, 4) is 0 Å². The van der Waals surface area contributed by atoms with E-state index in [1.54, 1.807) is 13.2 Å². The Morgan fingerprint density at radius 3 is 2.21 bits per heavy atom. The minimum atomic E-state index is -0.362. The molecule has 0 heterocycles. The van der Waals surface area contributed by atoms with Crippen LogP contribution in [0.5, 0.6) is 0 Å². The van der Waals surface area contributed by atoms with E-state index in [0.717, 1.165) is 0 Å². The molecule has 0 aliphatic rings. The average molecular weight is 392 g/mol. The second kappa shape index (κ2) is 5.85. The van der Waals surface area contributed by atoms with E-state index in [1.165, 1.54) is 0 Å². The fraction of sp³-hybridized carbons (Fsp3) is 0.700. The molecule has 0 aromatic rings. The van der Waals surface area contributed by atoms with Crippen LogP contribution in [0.4, 0.5) is 0 Å². The van der Waals surface area contributed by atoms with Gasteiger partial charge < -0.3 is 0 Å². The Hall–Kier alpha value is 0.0921. The van der Waals surface area contributed by atoms with Gasteiger partial charge in [-0.25, -0.2) is 0 Å². The summed E-state index contributed by atoms with van der Waals surface area (Å²) in [4.78, 5) is 11.7. The number of allylic oxidation sites excluding steroid dienone is 1. The fourth-order valence-electron chi connectivity index (χ4n) is 0.692. The van der Waals surface area contributed by atoms with Crippen molar-refractivity contribution in [3.05, 3.63) is 11.8 Å². The minimum absolute atomic E-state index is 0.0623. The van der Waals surface area contributed by atoms with Crippen molar-refractivity contribution in [1.82, 2.24) is 0 Å². The number of ether oxygens (including phenoxy) is 1. The number of rotatable bonds is 4. The van der Waals surface area contributed by atoms with E-state index in [4.69, 9.17) is 7.42 Å². The van der Waals surface area contributed by atoms with Crippen LogP contribution >= 0.6 is 0 Å². The molecule has 0 amide bonds. The number of carbonyl (C=O) groups is 1. The molecule has 14 heavy (non-hydrogen) atoms. The van der Waals surface area contributed by atoms with Crippen LogP contribution in [-0.2, 0) is 12.2 Å².